The molecule has 1 aliphatic rings. The van der Waals surface area contributed by atoms with Gasteiger partial charge in [-0.2, -0.15) is 0 Å². The number of carbonyl (C=O) groups is 3. The van der Waals surface area contributed by atoms with Crippen molar-refractivity contribution < 1.29 is 18.8 Å². The highest BCUT2D eigenvalue weighted by molar-refractivity contribution is 6.04. The van der Waals surface area contributed by atoms with E-state index in [2.05, 4.69) is 16.0 Å². The molecule has 7 heteroatoms. The molecular formula is C20H20FN3O3. The second-order valence-electron chi connectivity index (χ2n) is 6.36. The van der Waals surface area contributed by atoms with Crippen molar-refractivity contribution in [2.45, 2.75) is 12.8 Å². The van der Waals surface area contributed by atoms with Gasteiger partial charge in [-0.15, -0.1) is 0 Å². The van der Waals surface area contributed by atoms with Crippen LogP contribution < -0.4 is 16.0 Å². The van der Waals surface area contributed by atoms with E-state index >= 15 is 0 Å². The Labute approximate surface area is 156 Å². The third kappa shape index (κ3) is 5.37. The average molecular weight is 369 g/mol. The minimum absolute atomic E-state index is 0.0468. The molecule has 1 aliphatic carbocycles. The van der Waals surface area contributed by atoms with Gasteiger partial charge in [0.25, 0.3) is 11.8 Å². The molecule has 1 saturated carbocycles. The molecule has 0 radical (unpaired) electrons. The summed E-state index contributed by atoms with van der Waals surface area (Å²) < 4.78 is 12.9. The van der Waals surface area contributed by atoms with Gasteiger partial charge in [0.15, 0.2) is 0 Å². The monoisotopic (exact) mass is 369 g/mol. The molecule has 0 spiro atoms. The quantitative estimate of drug-likeness (QED) is 0.655. The zero-order valence-corrected chi connectivity index (χ0v) is 14.6. The van der Waals surface area contributed by atoms with Gasteiger partial charge in [0.1, 0.15) is 5.82 Å². The Hall–Kier alpha value is -3.22. The van der Waals surface area contributed by atoms with Gasteiger partial charge < -0.3 is 16.0 Å². The van der Waals surface area contributed by atoms with Gasteiger partial charge >= 0.3 is 0 Å². The molecule has 0 unspecified atom stereocenters. The van der Waals surface area contributed by atoms with Gasteiger partial charge in [-0.3, -0.25) is 14.4 Å². The number of hydrogen-bond acceptors (Lipinski definition) is 3. The molecular weight excluding hydrogens is 349 g/mol. The van der Waals surface area contributed by atoms with Crippen LogP contribution in [0.2, 0.25) is 0 Å². The van der Waals surface area contributed by atoms with E-state index in [1.807, 2.05) is 0 Å². The maximum Gasteiger partial charge on any atom is 0.255 e. The van der Waals surface area contributed by atoms with Gasteiger partial charge in [-0.1, -0.05) is 0 Å². The first kappa shape index (κ1) is 18.6. The van der Waals surface area contributed by atoms with Gasteiger partial charge in [0.05, 0.1) is 0 Å². The van der Waals surface area contributed by atoms with Crippen LogP contribution in [0, 0.1) is 11.7 Å². The van der Waals surface area contributed by atoms with Crippen LogP contribution in [-0.4, -0.2) is 30.8 Å². The Balaban J connectivity index is 1.45. The Kier molecular flexibility index (Phi) is 5.80. The maximum atomic E-state index is 12.9. The summed E-state index contributed by atoms with van der Waals surface area (Å²) in [6, 6.07) is 11.7. The maximum absolute atomic E-state index is 12.9. The molecule has 2 aromatic rings. The highest BCUT2D eigenvalue weighted by Crippen LogP contribution is 2.28. The number of carbonyl (C=O) groups excluding carboxylic acids is 3. The van der Waals surface area contributed by atoms with Crippen molar-refractivity contribution >= 4 is 23.4 Å². The molecule has 3 rings (SSSR count). The number of anilines is 1. The standard InChI is InChI=1S/C20H20FN3O3/c21-16-7-3-15(4-8-16)20(27)24-17-9-5-14(6-10-17)19(26)23-12-11-22-18(25)13-1-2-13/h3-10,13H,1-2,11-12H2,(H,22,25)(H,23,26)(H,24,27). The molecule has 3 N–H and O–H groups in total. The lowest BCUT2D eigenvalue weighted by Gasteiger charge is -2.08. The van der Waals surface area contributed by atoms with Crippen LogP contribution in [0.5, 0.6) is 0 Å². The molecule has 140 valence electrons. The highest BCUT2D eigenvalue weighted by Gasteiger charge is 2.28. The number of nitrogens with one attached hydrogen (secondary N) is 3. The van der Waals surface area contributed by atoms with Crippen molar-refractivity contribution in [3.8, 4) is 0 Å². The normalized spacial score (nSPS) is 12.9. The smallest absolute Gasteiger partial charge is 0.255 e. The van der Waals surface area contributed by atoms with E-state index in [-0.39, 0.29) is 23.6 Å². The van der Waals surface area contributed by atoms with E-state index < -0.39 is 5.82 Å². The third-order valence-electron chi connectivity index (χ3n) is 4.17. The largest absolute Gasteiger partial charge is 0.354 e. The van der Waals surface area contributed by atoms with Gasteiger partial charge in [-0.05, 0) is 61.4 Å². The van der Waals surface area contributed by atoms with Crippen LogP contribution >= 0.6 is 0 Å². The van der Waals surface area contributed by atoms with Crippen LogP contribution in [0.25, 0.3) is 0 Å². The Morgan fingerprint density at radius 3 is 2.00 bits per heavy atom. The summed E-state index contributed by atoms with van der Waals surface area (Å²) in [5.74, 6) is -0.830. The molecule has 1 fully saturated rings. The van der Waals surface area contributed by atoms with Crippen molar-refractivity contribution in [3.63, 3.8) is 0 Å². The van der Waals surface area contributed by atoms with Crippen LogP contribution in [0.15, 0.2) is 48.5 Å². The van der Waals surface area contributed by atoms with E-state index in [4.69, 9.17) is 0 Å². The molecule has 0 aliphatic heterocycles. The number of halogens is 1. The number of rotatable bonds is 7. The fourth-order valence-corrected chi connectivity index (χ4v) is 2.46. The van der Waals surface area contributed by atoms with Crippen molar-refractivity contribution in [1.29, 1.82) is 0 Å². The van der Waals surface area contributed by atoms with Crippen LogP contribution in [0.1, 0.15) is 33.6 Å². The predicted octanol–water partition coefficient (Wildman–Crippen LogP) is 2.33. The molecule has 0 bridgehead atoms. The zero-order chi connectivity index (χ0) is 19.2. The molecule has 0 saturated heterocycles. The second kappa shape index (κ2) is 8.44. The highest BCUT2D eigenvalue weighted by atomic mass is 19.1. The Morgan fingerprint density at radius 2 is 1.37 bits per heavy atom. The summed E-state index contributed by atoms with van der Waals surface area (Å²) in [6.07, 6.45) is 1.89. The molecule has 0 aromatic heterocycles. The second-order valence-corrected chi connectivity index (χ2v) is 6.36. The molecule has 2 aromatic carbocycles. The Bertz CT molecular complexity index is 831. The van der Waals surface area contributed by atoms with Crippen molar-refractivity contribution in [1.82, 2.24) is 10.6 Å². The van der Waals surface area contributed by atoms with Crippen LogP contribution in [-0.2, 0) is 4.79 Å². The molecule has 6 nitrogen and oxygen atoms in total. The van der Waals surface area contributed by atoms with E-state index in [0.29, 0.717) is 29.9 Å². The molecule has 0 atom stereocenters. The fraction of sp³-hybridized carbons (Fsp3) is 0.250. The molecule has 0 heterocycles. The summed E-state index contributed by atoms with van der Waals surface area (Å²) in [7, 11) is 0. The third-order valence-corrected chi connectivity index (χ3v) is 4.17. The topological polar surface area (TPSA) is 87.3 Å². The van der Waals surface area contributed by atoms with Crippen LogP contribution in [0.3, 0.4) is 0 Å². The fourth-order valence-electron chi connectivity index (χ4n) is 2.46. The van der Waals surface area contributed by atoms with Crippen molar-refractivity contribution in [2.24, 2.45) is 5.92 Å². The first-order valence-electron chi connectivity index (χ1n) is 8.76. The lowest BCUT2D eigenvalue weighted by atomic mass is 10.1. The van der Waals surface area contributed by atoms with Gasteiger partial charge in [0.2, 0.25) is 5.91 Å². The van der Waals surface area contributed by atoms with Gasteiger partial charge in [-0.25, -0.2) is 4.39 Å². The summed E-state index contributed by atoms with van der Waals surface area (Å²) in [5.41, 5.74) is 1.31. The van der Waals surface area contributed by atoms with Crippen molar-refractivity contribution in [2.75, 3.05) is 18.4 Å². The Morgan fingerprint density at radius 1 is 0.815 bits per heavy atom. The summed E-state index contributed by atoms with van der Waals surface area (Å²) >= 11 is 0. The average Bonchev–Trinajstić information content (AvgIpc) is 3.51. The first-order valence-corrected chi connectivity index (χ1v) is 8.76. The summed E-state index contributed by atoms with van der Waals surface area (Å²) in [6.45, 7) is 0.743. The van der Waals surface area contributed by atoms with Crippen molar-refractivity contribution in [3.05, 3.63) is 65.5 Å². The summed E-state index contributed by atoms with van der Waals surface area (Å²) in [4.78, 5) is 35.6. The number of amides is 3. The minimum atomic E-state index is -0.408. The predicted molar refractivity (Wildman–Crippen MR) is 98.9 cm³/mol. The first-order chi connectivity index (χ1) is 13.0. The lowest BCUT2D eigenvalue weighted by Crippen LogP contribution is -2.35. The number of benzene rings is 2. The lowest BCUT2D eigenvalue weighted by molar-refractivity contribution is -0.122. The van der Waals surface area contributed by atoms with E-state index in [0.717, 1.165) is 12.8 Å². The van der Waals surface area contributed by atoms with E-state index in [1.165, 1.54) is 24.3 Å². The molecule has 27 heavy (non-hydrogen) atoms. The molecule has 3 amide bonds. The zero-order valence-electron chi connectivity index (χ0n) is 14.6. The summed E-state index contributed by atoms with van der Waals surface area (Å²) in [5, 5.41) is 8.19. The van der Waals surface area contributed by atoms with E-state index in [9.17, 15) is 18.8 Å². The minimum Gasteiger partial charge on any atom is -0.354 e. The number of hydrogen-bond donors (Lipinski definition) is 3. The van der Waals surface area contributed by atoms with Gasteiger partial charge in [0, 0.05) is 35.8 Å². The SMILES string of the molecule is O=C(NCCNC(=O)C1CC1)c1ccc(NC(=O)c2ccc(F)cc2)cc1. The van der Waals surface area contributed by atoms with E-state index in [1.54, 1.807) is 24.3 Å². The van der Waals surface area contributed by atoms with Crippen LogP contribution in [0.4, 0.5) is 10.1 Å².